The Morgan fingerprint density at radius 3 is 2.48 bits per heavy atom. The molecule has 0 heterocycles. The first-order valence-electron chi connectivity index (χ1n) is 9.95. The summed E-state index contributed by atoms with van der Waals surface area (Å²) in [5.41, 5.74) is 2.49. The molecule has 0 aliphatic rings. The van der Waals surface area contributed by atoms with Crippen LogP contribution in [0.25, 0.3) is 0 Å². The number of carbonyl (C=O) groups is 1. The van der Waals surface area contributed by atoms with Crippen molar-refractivity contribution < 1.29 is 19.0 Å². The second kappa shape index (κ2) is 14.6. The van der Waals surface area contributed by atoms with E-state index in [1.54, 1.807) is 19.2 Å². The molecule has 0 aliphatic carbocycles. The first-order chi connectivity index (χ1) is 14.6. The summed E-state index contributed by atoms with van der Waals surface area (Å²) in [6.07, 6.45) is 0.926. The summed E-state index contributed by atoms with van der Waals surface area (Å²) in [5, 5.41) is 6.50. The minimum absolute atomic E-state index is 0. The summed E-state index contributed by atoms with van der Waals surface area (Å²) < 4.78 is 15.9. The number of rotatable bonds is 10. The highest BCUT2D eigenvalue weighted by atomic mass is 127. The lowest BCUT2D eigenvalue weighted by atomic mass is 10.1. The van der Waals surface area contributed by atoms with Crippen molar-refractivity contribution in [1.82, 2.24) is 10.6 Å². The summed E-state index contributed by atoms with van der Waals surface area (Å²) in [5.74, 6) is 0.736. The van der Waals surface area contributed by atoms with Gasteiger partial charge in [-0.05, 0) is 36.6 Å². The van der Waals surface area contributed by atoms with E-state index in [1.807, 2.05) is 24.3 Å². The zero-order valence-electron chi connectivity index (χ0n) is 18.5. The number of aliphatic imine (C=N–C) groups is 1. The van der Waals surface area contributed by atoms with Gasteiger partial charge in [0.15, 0.2) is 5.96 Å². The molecule has 0 bridgehead atoms. The SMILES string of the molecule is CN=C(NCCCOC(C)c1ccccc1)NCc1ccc(OC)c(C(=O)OC)c1.I. The molecule has 1 unspecified atom stereocenters. The van der Waals surface area contributed by atoms with Crippen LogP contribution in [0.1, 0.15) is 40.9 Å². The smallest absolute Gasteiger partial charge is 0.341 e. The highest BCUT2D eigenvalue weighted by Gasteiger charge is 2.13. The lowest BCUT2D eigenvalue weighted by Gasteiger charge is -2.15. The van der Waals surface area contributed by atoms with Gasteiger partial charge in [0.05, 0.1) is 20.3 Å². The van der Waals surface area contributed by atoms with Crippen LogP contribution in [-0.4, -0.2) is 46.3 Å². The van der Waals surface area contributed by atoms with Crippen molar-refractivity contribution >= 4 is 35.9 Å². The van der Waals surface area contributed by atoms with E-state index < -0.39 is 5.97 Å². The molecule has 0 spiro atoms. The van der Waals surface area contributed by atoms with E-state index in [-0.39, 0.29) is 30.1 Å². The standard InChI is InChI=1S/C23H31N3O4.HI/c1-17(19-9-6-5-7-10-19)30-14-8-13-25-23(24-2)26-16-18-11-12-21(28-3)20(15-18)22(27)29-4;/h5-7,9-12,15,17H,8,13-14,16H2,1-4H3,(H2,24,25,26);1H. The molecule has 170 valence electrons. The van der Waals surface area contributed by atoms with Gasteiger partial charge >= 0.3 is 5.97 Å². The molecule has 0 aromatic heterocycles. The molecule has 1 atom stereocenters. The van der Waals surface area contributed by atoms with Crippen LogP contribution >= 0.6 is 24.0 Å². The molecule has 0 aliphatic heterocycles. The molecule has 0 amide bonds. The summed E-state index contributed by atoms with van der Waals surface area (Å²) in [7, 11) is 4.59. The quantitative estimate of drug-likeness (QED) is 0.156. The number of hydrogen-bond acceptors (Lipinski definition) is 5. The van der Waals surface area contributed by atoms with Crippen molar-refractivity contribution in [2.75, 3.05) is 34.4 Å². The average Bonchev–Trinajstić information content (AvgIpc) is 2.80. The number of guanidine groups is 1. The molecule has 0 saturated carbocycles. The van der Waals surface area contributed by atoms with Gasteiger partial charge in [-0.3, -0.25) is 4.99 Å². The number of nitrogens with one attached hydrogen (secondary N) is 2. The lowest BCUT2D eigenvalue weighted by Crippen LogP contribution is -2.37. The molecule has 2 aromatic carbocycles. The number of benzene rings is 2. The van der Waals surface area contributed by atoms with Crippen molar-refractivity contribution in [2.45, 2.75) is 26.0 Å². The summed E-state index contributed by atoms with van der Waals surface area (Å²) in [6, 6.07) is 15.6. The maximum atomic E-state index is 11.9. The number of carbonyl (C=O) groups excluding carboxylic acids is 1. The number of methoxy groups -OCH3 is 2. The van der Waals surface area contributed by atoms with Crippen LogP contribution in [0.2, 0.25) is 0 Å². The number of hydrogen-bond donors (Lipinski definition) is 2. The van der Waals surface area contributed by atoms with E-state index in [4.69, 9.17) is 14.2 Å². The number of nitrogens with zero attached hydrogens (tertiary/aromatic N) is 1. The monoisotopic (exact) mass is 541 g/mol. The molecule has 2 rings (SSSR count). The molecule has 7 nitrogen and oxygen atoms in total. The van der Waals surface area contributed by atoms with Crippen LogP contribution < -0.4 is 15.4 Å². The van der Waals surface area contributed by atoms with Gasteiger partial charge in [0.2, 0.25) is 0 Å². The Morgan fingerprint density at radius 1 is 1.10 bits per heavy atom. The molecule has 31 heavy (non-hydrogen) atoms. The zero-order valence-corrected chi connectivity index (χ0v) is 20.8. The van der Waals surface area contributed by atoms with Gasteiger partial charge in [-0.25, -0.2) is 4.79 Å². The van der Waals surface area contributed by atoms with E-state index in [2.05, 4.69) is 34.7 Å². The average molecular weight is 541 g/mol. The minimum atomic E-state index is -0.430. The van der Waals surface area contributed by atoms with E-state index in [0.717, 1.165) is 18.5 Å². The summed E-state index contributed by atoms with van der Waals surface area (Å²) >= 11 is 0. The summed E-state index contributed by atoms with van der Waals surface area (Å²) in [4.78, 5) is 16.1. The Balaban J connectivity index is 0.00000480. The third-order valence-electron chi connectivity index (χ3n) is 4.60. The van der Waals surface area contributed by atoms with E-state index in [9.17, 15) is 4.79 Å². The first-order valence-corrected chi connectivity index (χ1v) is 9.95. The molecule has 2 aromatic rings. The Morgan fingerprint density at radius 2 is 1.84 bits per heavy atom. The first kappa shape index (κ1) is 26.7. The number of halogens is 1. The normalized spacial score (nSPS) is 11.8. The maximum Gasteiger partial charge on any atom is 0.341 e. The Bertz CT molecular complexity index is 831. The van der Waals surface area contributed by atoms with Crippen LogP contribution in [0.4, 0.5) is 0 Å². The Hall–Kier alpha value is -2.33. The van der Waals surface area contributed by atoms with Crippen molar-refractivity contribution in [3.63, 3.8) is 0 Å². The van der Waals surface area contributed by atoms with Crippen LogP contribution in [0.5, 0.6) is 5.75 Å². The lowest BCUT2D eigenvalue weighted by molar-refractivity contribution is 0.0596. The van der Waals surface area contributed by atoms with Crippen molar-refractivity contribution in [3.05, 3.63) is 65.2 Å². The Labute approximate surface area is 201 Å². The Kier molecular flexibility index (Phi) is 12.6. The fourth-order valence-electron chi connectivity index (χ4n) is 2.90. The second-order valence-corrected chi connectivity index (χ2v) is 6.66. The van der Waals surface area contributed by atoms with E-state index in [0.29, 0.717) is 30.4 Å². The van der Waals surface area contributed by atoms with Crippen molar-refractivity contribution in [2.24, 2.45) is 4.99 Å². The third-order valence-corrected chi connectivity index (χ3v) is 4.60. The maximum absolute atomic E-state index is 11.9. The van der Waals surface area contributed by atoms with Gasteiger partial charge in [-0.2, -0.15) is 0 Å². The minimum Gasteiger partial charge on any atom is -0.496 e. The van der Waals surface area contributed by atoms with Crippen molar-refractivity contribution in [1.29, 1.82) is 0 Å². The molecular formula is C23H32IN3O4. The van der Waals surface area contributed by atoms with Gasteiger partial charge in [0.1, 0.15) is 11.3 Å². The van der Waals surface area contributed by atoms with Gasteiger partial charge in [0.25, 0.3) is 0 Å². The molecule has 2 N–H and O–H groups in total. The highest BCUT2D eigenvalue weighted by molar-refractivity contribution is 14.0. The van der Waals surface area contributed by atoms with Gasteiger partial charge in [0, 0.05) is 26.7 Å². The van der Waals surface area contributed by atoms with Crippen molar-refractivity contribution in [3.8, 4) is 5.75 Å². The van der Waals surface area contributed by atoms with Crippen LogP contribution in [0.3, 0.4) is 0 Å². The van der Waals surface area contributed by atoms with Crippen LogP contribution in [0.15, 0.2) is 53.5 Å². The van der Waals surface area contributed by atoms with Gasteiger partial charge < -0.3 is 24.8 Å². The number of esters is 1. The molecule has 0 fully saturated rings. The largest absolute Gasteiger partial charge is 0.496 e. The van der Waals surface area contributed by atoms with Crippen LogP contribution in [0, 0.1) is 0 Å². The highest BCUT2D eigenvalue weighted by Crippen LogP contribution is 2.20. The fraction of sp³-hybridized carbons (Fsp3) is 0.391. The predicted molar refractivity (Wildman–Crippen MR) is 133 cm³/mol. The number of ether oxygens (including phenoxy) is 3. The topological polar surface area (TPSA) is 81.2 Å². The second-order valence-electron chi connectivity index (χ2n) is 6.66. The van der Waals surface area contributed by atoms with E-state index >= 15 is 0 Å². The third kappa shape index (κ3) is 8.74. The van der Waals surface area contributed by atoms with Gasteiger partial charge in [-0.15, -0.1) is 24.0 Å². The zero-order chi connectivity index (χ0) is 21.8. The van der Waals surface area contributed by atoms with E-state index in [1.165, 1.54) is 19.8 Å². The van der Waals surface area contributed by atoms with Gasteiger partial charge in [-0.1, -0.05) is 36.4 Å². The molecule has 8 heteroatoms. The molecule has 0 saturated heterocycles. The molecule has 0 radical (unpaired) electrons. The predicted octanol–water partition coefficient (Wildman–Crippen LogP) is 3.93. The summed E-state index contributed by atoms with van der Waals surface area (Å²) in [6.45, 7) is 3.95. The fourth-order valence-corrected chi connectivity index (χ4v) is 2.90. The van der Waals surface area contributed by atoms with Crippen LogP contribution in [-0.2, 0) is 16.0 Å². The molecular weight excluding hydrogens is 509 g/mol.